The number of hydrogen-bond donors (Lipinski definition) is 3. The highest BCUT2D eigenvalue weighted by molar-refractivity contribution is 5.29. The van der Waals surface area contributed by atoms with Gasteiger partial charge >= 0.3 is 0 Å². The second-order valence-corrected chi connectivity index (χ2v) is 5.72. The Morgan fingerprint density at radius 1 is 1.08 bits per heavy atom. The molecule has 3 nitrogen and oxygen atoms in total. The Balaban J connectivity index is 1.95. The minimum absolute atomic E-state index is 0.267. The molecule has 0 unspecified atom stereocenters. The van der Waals surface area contributed by atoms with Crippen LogP contribution in [0.3, 0.4) is 0 Å². The third kappa shape index (κ3) is 5.07. The molecule has 0 radical (unpaired) electrons. The van der Waals surface area contributed by atoms with E-state index in [1.807, 2.05) is 37.3 Å². The minimum Gasteiger partial charge on any atom is -0.505 e. The van der Waals surface area contributed by atoms with Crippen LogP contribution in [0.2, 0.25) is 0 Å². The van der Waals surface area contributed by atoms with Crippen LogP contribution in [0.25, 0.3) is 0 Å². The molecule has 0 spiro atoms. The highest BCUT2D eigenvalue weighted by Gasteiger charge is 2.09. The second-order valence-electron chi connectivity index (χ2n) is 5.72. The minimum atomic E-state index is -0.876. The normalized spacial score (nSPS) is 13.0. The van der Waals surface area contributed by atoms with Crippen molar-refractivity contribution in [3.8, 4) is 5.75 Å². The highest BCUT2D eigenvalue weighted by atomic mass is 19.1. The number of phenols is 1. The van der Waals surface area contributed by atoms with Gasteiger partial charge in [0.25, 0.3) is 0 Å². The molecule has 2 rings (SSSR count). The predicted molar refractivity (Wildman–Crippen MR) is 90.9 cm³/mol. The first-order valence-corrected chi connectivity index (χ1v) is 7.77. The molecule has 0 aliphatic heterocycles. The van der Waals surface area contributed by atoms with Crippen LogP contribution in [0.15, 0.2) is 65.9 Å². The quantitative estimate of drug-likeness (QED) is 0.697. The average molecular weight is 328 g/mol. The van der Waals surface area contributed by atoms with Crippen molar-refractivity contribution >= 4 is 0 Å². The first-order chi connectivity index (χ1) is 11.5. The summed E-state index contributed by atoms with van der Waals surface area (Å²) >= 11 is 0. The number of aliphatic hydroxyl groups excluding tert-OH is 2. The van der Waals surface area contributed by atoms with Crippen LogP contribution in [-0.4, -0.2) is 15.3 Å². The van der Waals surface area contributed by atoms with Gasteiger partial charge in [-0.15, -0.1) is 5.73 Å². The molecule has 0 bridgehead atoms. The van der Waals surface area contributed by atoms with E-state index >= 15 is 0 Å². The van der Waals surface area contributed by atoms with E-state index in [9.17, 15) is 14.6 Å². The lowest BCUT2D eigenvalue weighted by Crippen LogP contribution is -1.97. The van der Waals surface area contributed by atoms with Gasteiger partial charge in [-0.1, -0.05) is 36.4 Å². The van der Waals surface area contributed by atoms with E-state index in [0.717, 1.165) is 17.2 Å². The number of halogens is 1. The van der Waals surface area contributed by atoms with Crippen molar-refractivity contribution in [3.63, 3.8) is 0 Å². The summed E-state index contributed by atoms with van der Waals surface area (Å²) < 4.78 is 13.3. The van der Waals surface area contributed by atoms with E-state index in [1.165, 1.54) is 12.1 Å². The predicted octanol–water partition coefficient (Wildman–Crippen LogP) is 4.18. The average Bonchev–Trinajstić information content (AvgIpc) is 2.58. The Hall–Kier alpha value is -2.39. The Morgan fingerprint density at radius 3 is 2.46 bits per heavy atom. The smallest absolute Gasteiger partial charge is 0.165 e. The second kappa shape index (κ2) is 8.46. The number of rotatable bonds is 6. The van der Waals surface area contributed by atoms with E-state index in [1.54, 1.807) is 6.08 Å². The molecular weight excluding hydrogens is 307 g/mol. The molecule has 0 saturated heterocycles. The van der Waals surface area contributed by atoms with Gasteiger partial charge in [-0.25, -0.2) is 4.39 Å². The first-order valence-electron chi connectivity index (χ1n) is 7.77. The fourth-order valence-corrected chi connectivity index (χ4v) is 2.35. The lowest BCUT2D eigenvalue weighted by molar-refractivity contribution is 0.178. The lowest BCUT2D eigenvalue weighted by Gasteiger charge is -2.10. The maximum atomic E-state index is 13.3. The van der Waals surface area contributed by atoms with Gasteiger partial charge in [0.15, 0.2) is 11.6 Å². The van der Waals surface area contributed by atoms with Crippen molar-refractivity contribution in [1.82, 2.24) is 0 Å². The molecule has 2 aromatic carbocycles. The summed E-state index contributed by atoms with van der Waals surface area (Å²) in [5, 5.41) is 29.3. The maximum Gasteiger partial charge on any atom is 0.165 e. The van der Waals surface area contributed by atoms with Crippen LogP contribution in [0, 0.1) is 5.82 Å². The SMILES string of the molecule is CC(=C=CC[C@@H](O)c1ccc(O)c(F)c1)C[C@@H](O)c1ccccc1. The van der Waals surface area contributed by atoms with Gasteiger partial charge in [0, 0.05) is 12.8 Å². The summed E-state index contributed by atoms with van der Waals surface area (Å²) in [7, 11) is 0. The summed E-state index contributed by atoms with van der Waals surface area (Å²) in [4.78, 5) is 0. The molecule has 2 aromatic rings. The molecule has 0 aliphatic carbocycles. The summed E-state index contributed by atoms with van der Waals surface area (Å²) in [5.74, 6) is -1.19. The van der Waals surface area contributed by atoms with Gasteiger partial charge in [0.2, 0.25) is 0 Å². The Bertz CT molecular complexity index is 734. The largest absolute Gasteiger partial charge is 0.505 e. The molecule has 2 atom stereocenters. The fraction of sp³-hybridized carbons (Fsp3) is 0.250. The standard InChI is InChI=1S/C20H21FO3/c1-14(12-20(24)15-7-3-2-4-8-15)6-5-9-18(22)16-10-11-19(23)17(21)13-16/h2-5,7-8,10-11,13,18,20,22-24H,9,12H2,1H3/t6?,18-,20-/m1/s1. The van der Waals surface area contributed by atoms with E-state index in [0.29, 0.717) is 12.0 Å². The molecule has 3 N–H and O–H groups in total. The molecular formula is C20H21FO3. The third-order valence-corrected chi connectivity index (χ3v) is 3.73. The van der Waals surface area contributed by atoms with Gasteiger partial charge in [-0.3, -0.25) is 0 Å². The number of hydrogen-bond acceptors (Lipinski definition) is 3. The Morgan fingerprint density at radius 2 is 1.79 bits per heavy atom. The zero-order chi connectivity index (χ0) is 17.5. The number of phenolic OH excluding ortho intramolecular Hbond substituents is 1. The van der Waals surface area contributed by atoms with E-state index < -0.39 is 23.8 Å². The van der Waals surface area contributed by atoms with Gasteiger partial charge in [0.05, 0.1) is 12.2 Å². The van der Waals surface area contributed by atoms with Gasteiger partial charge in [-0.2, -0.15) is 0 Å². The van der Waals surface area contributed by atoms with Crippen molar-refractivity contribution in [2.75, 3.05) is 0 Å². The molecule has 0 amide bonds. The molecule has 0 aromatic heterocycles. The highest BCUT2D eigenvalue weighted by Crippen LogP contribution is 2.23. The zero-order valence-electron chi connectivity index (χ0n) is 13.5. The van der Waals surface area contributed by atoms with Crippen LogP contribution in [-0.2, 0) is 0 Å². The molecule has 24 heavy (non-hydrogen) atoms. The topological polar surface area (TPSA) is 60.7 Å². The van der Waals surface area contributed by atoms with Crippen molar-refractivity contribution in [2.45, 2.75) is 32.0 Å². The van der Waals surface area contributed by atoms with Gasteiger partial charge in [0.1, 0.15) is 0 Å². The third-order valence-electron chi connectivity index (χ3n) is 3.73. The Kier molecular flexibility index (Phi) is 6.33. The maximum absolute atomic E-state index is 13.3. The monoisotopic (exact) mass is 328 g/mol. The summed E-state index contributed by atoms with van der Waals surface area (Å²) in [5.41, 5.74) is 5.13. The van der Waals surface area contributed by atoms with Crippen molar-refractivity contribution in [3.05, 3.63) is 82.9 Å². The van der Waals surface area contributed by atoms with Gasteiger partial charge in [-0.05, 0) is 41.8 Å². The van der Waals surface area contributed by atoms with E-state index in [2.05, 4.69) is 5.73 Å². The first kappa shape index (κ1) is 18.0. The number of benzene rings is 2. The number of aromatic hydroxyl groups is 1. The molecule has 0 heterocycles. The van der Waals surface area contributed by atoms with E-state index in [4.69, 9.17) is 5.11 Å². The molecule has 126 valence electrons. The van der Waals surface area contributed by atoms with Crippen LogP contribution in [0.4, 0.5) is 4.39 Å². The van der Waals surface area contributed by atoms with Crippen molar-refractivity contribution in [1.29, 1.82) is 0 Å². The lowest BCUT2D eigenvalue weighted by atomic mass is 10.0. The van der Waals surface area contributed by atoms with Crippen LogP contribution < -0.4 is 0 Å². The molecule has 0 saturated carbocycles. The molecule has 0 fully saturated rings. The van der Waals surface area contributed by atoms with Crippen LogP contribution in [0.1, 0.15) is 43.1 Å². The van der Waals surface area contributed by atoms with E-state index in [-0.39, 0.29) is 6.42 Å². The molecule has 4 heteroatoms. The van der Waals surface area contributed by atoms with Crippen LogP contribution in [0.5, 0.6) is 5.75 Å². The number of aliphatic hydroxyl groups is 2. The fourth-order valence-electron chi connectivity index (χ4n) is 2.35. The summed E-state index contributed by atoms with van der Waals surface area (Å²) in [6, 6.07) is 13.2. The Labute approximate surface area is 141 Å². The molecule has 0 aliphatic rings. The summed E-state index contributed by atoms with van der Waals surface area (Å²) in [6.45, 7) is 1.86. The van der Waals surface area contributed by atoms with Crippen molar-refractivity contribution < 1.29 is 19.7 Å². The zero-order valence-corrected chi connectivity index (χ0v) is 13.5. The van der Waals surface area contributed by atoms with Crippen molar-refractivity contribution in [2.24, 2.45) is 0 Å². The van der Waals surface area contributed by atoms with Crippen LogP contribution >= 0.6 is 0 Å². The van der Waals surface area contributed by atoms with Gasteiger partial charge < -0.3 is 15.3 Å². The summed E-state index contributed by atoms with van der Waals surface area (Å²) in [6.07, 6.45) is 0.915.